The topological polar surface area (TPSA) is 42.0 Å². The maximum Gasteiger partial charge on any atom is 0.427 e. The van der Waals surface area contributed by atoms with Crippen molar-refractivity contribution in [2.75, 3.05) is 5.32 Å². The average Bonchev–Trinajstić information content (AvgIpc) is 3.03. The molecule has 0 aliphatic carbocycles. The zero-order chi connectivity index (χ0) is 15.7. The van der Waals surface area contributed by atoms with Crippen LogP contribution in [0.2, 0.25) is 0 Å². The lowest BCUT2D eigenvalue weighted by Gasteiger charge is -2.01. The Morgan fingerprint density at radius 3 is 2.68 bits per heavy atom. The molecule has 2 heterocycles. The normalized spacial score (nSPS) is 11.8. The van der Waals surface area contributed by atoms with Crippen LogP contribution in [0.4, 0.5) is 18.3 Å². The molecule has 3 rings (SSSR count). The molecule has 0 radical (unpaired) electrons. The molecule has 0 aliphatic rings. The van der Waals surface area contributed by atoms with E-state index in [1.165, 1.54) is 11.3 Å². The van der Waals surface area contributed by atoms with Gasteiger partial charge in [0, 0.05) is 9.58 Å². The molecule has 1 amide bonds. The smallest absolute Gasteiger partial charge is 0.302 e. The van der Waals surface area contributed by atoms with Crippen molar-refractivity contribution in [2.24, 2.45) is 0 Å². The lowest BCUT2D eigenvalue weighted by molar-refractivity contribution is -0.134. The SMILES string of the molecule is O=C(Cc1cc2ccccc2s1)Nc1ncc(C(F)(F)F)s1. The fourth-order valence-electron chi connectivity index (χ4n) is 1.91. The summed E-state index contributed by atoms with van der Waals surface area (Å²) in [5.41, 5.74) is 0. The predicted octanol–water partition coefficient (Wildman–Crippen LogP) is 4.56. The van der Waals surface area contributed by atoms with E-state index < -0.39 is 11.1 Å². The standard InChI is InChI=1S/C14H9F3N2OS2/c15-14(16,17)11-7-18-13(22-11)19-12(20)6-9-5-8-3-1-2-4-10(8)21-9/h1-5,7H,6H2,(H,18,19,20). The highest BCUT2D eigenvalue weighted by Gasteiger charge is 2.33. The van der Waals surface area contributed by atoms with Gasteiger partial charge in [-0.1, -0.05) is 29.5 Å². The Bertz CT molecular complexity index is 790. The number of carbonyl (C=O) groups is 1. The summed E-state index contributed by atoms with van der Waals surface area (Å²) in [6.07, 6.45) is -3.61. The quantitative estimate of drug-likeness (QED) is 0.758. The first kappa shape index (κ1) is 15.0. The van der Waals surface area contributed by atoms with Crippen molar-refractivity contribution in [1.82, 2.24) is 4.98 Å². The Hall–Kier alpha value is -1.93. The number of nitrogens with one attached hydrogen (secondary N) is 1. The molecule has 0 saturated carbocycles. The van der Waals surface area contributed by atoms with Gasteiger partial charge in [-0.05, 0) is 17.5 Å². The van der Waals surface area contributed by atoms with Crippen LogP contribution >= 0.6 is 22.7 Å². The number of amides is 1. The van der Waals surface area contributed by atoms with Crippen molar-refractivity contribution in [3.8, 4) is 0 Å². The van der Waals surface area contributed by atoms with Crippen LogP contribution in [0.3, 0.4) is 0 Å². The number of aromatic nitrogens is 1. The fraction of sp³-hybridized carbons (Fsp3) is 0.143. The molecule has 0 fully saturated rings. The first-order chi connectivity index (χ1) is 10.4. The number of hydrogen-bond acceptors (Lipinski definition) is 4. The van der Waals surface area contributed by atoms with Crippen LogP contribution in [-0.4, -0.2) is 10.9 Å². The zero-order valence-electron chi connectivity index (χ0n) is 11.0. The zero-order valence-corrected chi connectivity index (χ0v) is 12.6. The Morgan fingerprint density at radius 2 is 2.00 bits per heavy atom. The number of anilines is 1. The molecule has 0 aliphatic heterocycles. The predicted molar refractivity (Wildman–Crippen MR) is 81.3 cm³/mol. The van der Waals surface area contributed by atoms with Gasteiger partial charge in [-0.2, -0.15) is 13.2 Å². The van der Waals surface area contributed by atoms with E-state index in [2.05, 4.69) is 10.3 Å². The third-order valence-corrected chi connectivity index (χ3v) is 4.92. The van der Waals surface area contributed by atoms with E-state index in [0.717, 1.165) is 21.2 Å². The molecule has 114 valence electrons. The maximum absolute atomic E-state index is 12.5. The van der Waals surface area contributed by atoms with E-state index in [1.807, 2.05) is 30.3 Å². The Labute approximate surface area is 131 Å². The van der Waals surface area contributed by atoms with E-state index in [-0.39, 0.29) is 17.5 Å². The second-order valence-electron chi connectivity index (χ2n) is 4.50. The summed E-state index contributed by atoms with van der Waals surface area (Å²) >= 11 is 1.91. The molecular formula is C14H9F3N2OS2. The largest absolute Gasteiger partial charge is 0.427 e. The molecule has 0 unspecified atom stereocenters. The number of alkyl halides is 3. The minimum absolute atomic E-state index is 0.0431. The molecule has 1 N–H and O–H groups in total. The van der Waals surface area contributed by atoms with Crippen LogP contribution in [0.25, 0.3) is 10.1 Å². The highest BCUT2D eigenvalue weighted by molar-refractivity contribution is 7.19. The molecule has 1 aromatic carbocycles. The summed E-state index contributed by atoms with van der Waals surface area (Å²) in [6.45, 7) is 0. The van der Waals surface area contributed by atoms with Gasteiger partial charge in [0.2, 0.25) is 5.91 Å². The van der Waals surface area contributed by atoms with E-state index in [1.54, 1.807) is 0 Å². The number of benzene rings is 1. The summed E-state index contributed by atoms with van der Waals surface area (Å²) in [6, 6.07) is 9.63. The lowest BCUT2D eigenvalue weighted by Crippen LogP contribution is -2.13. The van der Waals surface area contributed by atoms with Crippen molar-refractivity contribution in [2.45, 2.75) is 12.6 Å². The number of hydrogen-bond donors (Lipinski definition) is 1. The van der Waals surface area contributed by atoms with Crippen LogP contribution in [0.15, 0.2) is 36.5 Å². The van der Waals surface area contributed by atoms with Crippen molar-refractivity contribution in [3.63, 3.8) is 0 Å². The third-order valence-electron chi connectivity index (χ3n) is 2.84. The van der Waals surface area contributed by atoms with Crippen LogP contribution in [0.5, 0.6) is 0 Å². The summed E-state index contributed by atoms with van der Waals surface area (Å²) in [5, 5.41) is 3.40. The highest BCUT2D eigenvalue weighted by Crippen LogP contribution is 2.35. The molecule has 3 nitrogen and oxygen atoms in total. The number of halogens is 3. The van der Waals surface area contributed by atoms with Crippen molar-refractivity contribution in [1.29, 1.82) is 0 Å². The van der Waals surface area contributed by atoms with Crippen molar-refractivity contribution < 1.29 is 18.0 Å². The van der Waals surface area contributed by atoms with Gasteiger partial charge in [-0.15, -0.1) is 11.3 Å². The summed E-state index contributed by atoms with van der Waals surface area (Å²) in [4.78, 5) is 15.5. The molecule has 2 aromatic heterocycles. The van der Waals surface area contributed by atoms with Gasteiger partial charge in [-0.25, -0.2) is 4.98 Å². The summed E-state index contributed by atoms with van der Waals surface area (Å²) < 4.78 is 38.5. The van der Waals surface area contributed by atoms with Gasteiger partial charge >= 0.3 is 6.18 Å². The molecule has 8 heteroatoms. The molecule has 0 atom stereocenters. The second kappa shape index (κ2) is 5.69. The van der Waals surface area contributed by atoms with Gasteiger partial charge in [0.15, 0.2) is 5.13 Å². The van der Waals surface area contributed by atoms with Crippen LogP contribution in [-0.2, 0) is 17.4 Å². The minimum atomic E-state index is -4.44. The van der Waals surface area contributed by atoms with E-state index in [4.69, 9.17) is 0 Å². The number of carbonyl (C=O) groups excluding carboxylic acids is 1. The maximum atomic E-state index is 12.5. The van der Waals surface area contributed by atoms with Crippen LogP contribution in [0.1, 0.15) is 9.75 Å². The van der Waals surface area contributed by atoms with Gasteiger partial charge in [-0.3, -0.25) is 4.79 Å². The van der Waals surface area contributed by atoms with Crippen LogP contribution < -0.4 is 5.32 Å². The van der Waals surface area contributed by atoms with Gasteiger partial charge in [0.05, 0.1) is 12.6 Å². The van der Waals surface area contributed by atoms with Gasteiger partial charge in [0.1, 0.15) is 4.88 Å². The van der Waals surface area contributed by atoms with Gasteiger partial charge in [0.25, 0.3) is 0 Å². The molecule has 22 heavy (non-hydrogen) atoms. The van der Waals surface area contributed by atoms with Crippen molar-refractivity contribution >= 4 is 43.8 Å². The number of thiazole rings is 1. The molecule has 0 spiro atoms. The van der Waals surface area contributed by atoms with E-state index in [9.17, 15) is 18.0 Å². The van der Waals surface area contributed by atoms with Crippen molar-refractivity contribution in [3.05, 3.63) is 46.3 Å². The Balaban J connectivity index is 1.68. The summed E-state index contributed by atoms with van der Waals surface area (Å²) in [5.74, 6) is -0.380. The number of fused-ring (bicyclic) bond motifs is 1. The van der Waals surface area contributed by atoms with Crippen LogP contribution in [0, 0.1) is 0 Å². The second-order valence-corrected chi connectivity index (χ2v) is 6.70. The first-order valence-corrected chi connectivity index (χ1v) is 7.85. The summed E-state index contributed by atoms with van der Waals surface area (Å²) in [7, 11) is 0. The fourth-order valence-corrected chi connectivity index (χ4v) is 3.67. The van der Waals surface area contributed by atoms with Gasteiger partial charge < -0.3 is 5.32 Å². The van der Waals surface area contributed by atoms with E-state index in [0.29, 0.717) is 11.3 Å². The Kier molecular flexibility index (Phi) is 3.88. The monoisotopic (exact) mass is 342 g/mol. The van der Waals surface area contributed by atoms with E-state index >= 15 is 0 Å². The number of nitrogens with zero attached hydrogens (tertiary/aromatic N) is 1. The highest BCUT2D eigenvalue weighted by atomic mass is 32.1. The lowest BCUT2D eigenvalue weighted by atomic mass is 10.2. The average molecular weight is 342 g/mol. The molecular weight excluding hydrogens is 333 g/mol. The first-order valence-electron chi connectivity index (χ1n) is 6.22. The third kappa shape index (κ3) is 3.28. The Morgan fingerprint density at radius 1 is 1.23 bits per heavy atom. The molecule has 0 saturated heterocycles. The molecule has 0 bridgehead atoms. The minimum Gasteiger partial charge on any atom is -0.302 e. The number of thiophene rings is 1. The number of rotatable bonds is 3. The molecule has 3 aromatic rings.